The fourth-order valence-electron chi connectivity index (χ4n) is 1.17. The van der Waals surface area contributed by atoms with Gasteiger partial charge in [-0.3, -0.25) is 0 Å². The number of halogens is 2. The van der Waals surface area contributed by atoms with Crippen molar-refractivity contribution in [3.05, 3.63) is 22.2 Å². The normalized spacial score (nSPS) is 11.7. The second-order valence-electron chi connectivity index (χ2n) is 3.13. The molecule has 0 bridgehead atoms. The largest absolute Gasteiger partial charge is 0.493 e. The van der Waals surface area contributed by atoms with E-state index in [4.69, 9.17) is 26.3 Å². The van der Waals surface area contributed by atoms with Crippen molar-refractivity contribution in [1.29, 1.82) is 5.26 Å². The van der Waals surface area contributed by atoms with Gasteiger partial charge in [0.25, 0.3) is 0 Å². The van der Waals surface area contributed by atoms with Crippen molar-refractivity contribution in [2.45, 2.75) is 18.9 Å². The summed E-state index contributed by atoms with van der Waals surface area (Å²) in [6, 6.07) is 5.63. The summed E-state index contributed by atoms with van der Waals surface area (Å²) in [5, 5.41) is 8.70. The molecule has 0 radical (unpaired) electrons. The monoisotopic (exact) mass is 303 g/mol. The number of benzene rings is 1. The summed E-state index contributed by atoms with van der Waals surface area (Å²) in [5.41, 5.74) is 0.919. The van der Waals surface area contributed by atoms with E-state index >= 15 is 0 Å². The van der Waals surface area contributed by atoms with Gasteiger partial charge in [-0.15, -0.1) is 11.6 Å². The predicted molar refractivity (Wildman–Crippen MR) is 66.0 cm³/mol. The predicted octanol–water partition coefficient (Wildman–Crippen LogP) is 3.49. The summed E-state index contributed by atoms with van der Waals surface area (Å²) in [6.07, 6.45) is -0.535. The Hall–Kier alpha value is -0.920. The fraction of sp³-hybridized carbons (Fsp3) is 0.364. The molecule has 0 N–H and O–H groups in total. The van der Waals surface area contributed by atoms with E-state index in [9.17, 15) is 0 Å². The molecule has 16 heavy (non-hydrogen) atoms. The third-order valence-corrected chi connectivity index (χ3v) is 2.82. The van der Waals surface area contributed by atoms with E-state index in [2.05, 4.69) is 15.9 Å². The lowest BCUT2D eigenvalue weighted by Crippen LogP contribution is -2.09. The van der Waals surface area contributed by atoms with Gasteiger partial charge in [0.1, 0.15) is 6.07 Å². The van der Waals surface area contributed by atoms with Crippen molar-refractivity contribution in [2.75, 3.05) is 7.11 Å². The standard InChI is InChI=1S/C11H11BrClNO2/c1-7(6-14)16-11-9(12)3-8(5-13)4-10(11)15-2/h3-4,7H,5H2,1-2H3. The molecular formula is C11H11BrClNO2. The molecule has 0 aliphatic rings. The Kier molecular flexibility index (Phi) is 4.91. The van der Waals surface area contributed by atoms with Gasteiger partial charge in [0.15, 0.2) is 17.6 Å². The number of hydrogen-bond donors (Lipinski definition) is 0. The van der Waals surface area contributed by atoms with Crippen molar-refractivity contribution in [1.82, 2.24) is 0 Å². The Balaban J connectivity index is 3.12. The lowest BCUT2D eigenvalue weighted by Gasteiger charge is -2.14. The van der Waals surface area contributed by atoms with Crippen LogP contribution < -0.4 is 9.47 Å². The maximum atomic E-state index is 8.70. The van der Waals surface area contributed by atoms with Crippen molar-refractivity contribution >= 4 is 27.5 Å². The molecule has 1 atom stereocenters. The molecule has 1 aromatic carbocycles. The Morgan fingerprint density at radius 2 is 2.25 bits per heavy atom. The molecule has 0 heterocycles. The van der Waals surface area contributed by atoms with Crippen LogP contribution in [0.15, 0.2) is 16.6 Å². The Bertz CT molecular complexity index is 417. The summed E-state index contributed by atoms with van der Waals surface area (Å²) in [5.74, 6) is 1.47. The first-order valence-electron chi connectivity index (χ1n) is 4.61. The number of methoxy groups -OCH3 is 1. The van der Waals surface area contributed by atoms with Crippen LogP contribution in [0.4, 0.5) is 0 Å². The molecule has 1 aromatic rings. The summed E-state index contributed by atoms with van der Waals surface area (Å²) in [4.78, 5) is 0. The van der Waals surface area contributed by atoms with Crippen LogP contribution in [0.5, 0.6) is 11.5 Å². The molecule has 0 aliphatic heterocycles. The van der Waals surface area contributed by atoms with E-state index in [1.807, 2.05) is 12.1 Å². The molecule has 0 fully saturated rings. The van der Waals surface area contributed by atoms with Crippen molar-refractivity contribution in [2.24, 2.45) is 0 Å². The minimum Gasteiger partial charge on any atom is -0.493 e. The quantitative estimate of drug-likeness (QED) is 0.800. The molecule has 0 spiro atoms. The van der Waals surface area contributed by atoms with Gasteiger partial charge in [-0.05, 0) is 40.5 Å². The summed E-state index contributed by atoms with van der Waals surface area (Å²) in [6.45, 7) is 1.67. The second kappa shape index (κ2) is 5.97. The summed E-state index contributed by atoms with van der Waals surface area (Å²) < 4.78 is 11.4. The highest BCUT2D eigenvalue weighted by Crippen LogP contribution is 2.37. The highest BCUT2D eigenvalue weighted by Gasteiger charge is 2.14. The highest BCUT2D eigenvalue weighted by molar-refractivity contribution is 9.10. The van der Waals surface area contributed by atoms with Crippen LogP contribution in [0, 0.1) is 11.3 Å². The van der Waals surface area contributed by atoms with E-state index in [-0.39, 0.29) is 0 Å². The Labute approximate surface area is 108 Å². The van der Waals surface area contributed by atoms with Gasteiger partial charge >= 0.3 is 0 Å². The zero-order chi connectivity index (χ0) is 12.1. The molecule has 0 aliphatic carbocycles. The first-order chi connectivity index (χ1) is 7.62. The average Bonchev–Trinajstić information content (AvgIpc) is 2.30. The van der Waals surface area contributed by atoms with Crippen molar-refractivity contribution in [3.63, 3.8) is 0 Å². The van der Waals surface area contributed by atoms with Crippen LogP contribution in [0.3, 0.4) is 0 Å². The molecule has 0 saturated heterocycles. The number of alkyl halides is 1. The van der Waals surface area contributed by atoms with Gasteiger partial charge in [-0.25, -0.2) is 0 Å². The first kappa shape index (κ1) is 13.1. The summed E-state index contributed by atoms with van der Waals surface area (Å²) in [7, 11) is 1.55. The van der Waals surface area contributed by atoms with E-state index < -0.39 is 6.10 Å². The number of nitriles is 1. The van der Waals surface area contributed by atoms with Crippen LogP contribution in [0.2, 0.25) is 0 Å². The minimum atomic E-state index is -0.535. The summed E-state index contributed by atoms with van der Waals surface area (Å²) >= 11 is 9.11. The van der Waals surface area contributed by atoms with Gasteiger partial charge in [0.05, 0.1) is 11.6 Å². The lowest BCUT2D eigenvalue weighted by atomic mass is 10.2. The van der Waals surface area contributed by atoms with Gasteiger partial charge in [0.2, 0.25) is 0 Å². The molecular weight excluding hydrogens is 293 g/mol. The Morgan fingerprint density at radius 1 is 1.56 bits per heavy atom. The topological polar surface area (TPSA) is 42.2 Å². The van der Waals surface area contributed by atoms with Gasteiger partial charge in [-0.1, -0.05) is 0 Å². The highest BCUT2D eigenvalue weighted by atomic mass is 79.9. The van der Waals surface area contributed by atoms with Crippen LogP contribution >= 0.6 is 27.5 Å². The number of nitrogens with zero attached hydrogens (tertiary/aromatic N) is 1. The van der Waals surface area contributed by atoms with Crippen LogP contribution in [0.25, 0.3) is 0 Å². The van der Waals surface area contributed by atoms with E-state index in [1.54, 1.807) is 20.1 Å². The molecule has 5 heteroatoms. The van der Waals surface area contributed by atoms with Gasteiger partial charge in [-0.2, -0.15) is 5.26 Å². The number of hydrogen-bond acceptors (Lipinski definition) is 3. The van der Waals surface area contributed by atoms with E-state index in [1.165, 1.54) is 0 Å². The average molecular weight is 305 g/mol. The van der Waals surface area contributed by atoms with E-state index in [0.717, 1.165) is 10.0 Å². The molecule has 1 unspecified atom stereocenters. The number of ether oxygens (including phenoxy) is 2. The second-order valence-corrected chi connectivity index (χ2v) is 4.25. The molecule has 86 valence electrons. The Morgan fingerprint density at radius 3 is 2.75 bits per heavy atom. The molecule has 0 amide bonds. The van der Waals surface area contributed by atoms with Gasteiger partial charge in [0, 0.05) is 5.88 Å². The maximum Gasteiger partial charge on any atom is 0.181 e. The third-order valence-electron chi connectivity index (χ3n) is 1.92. The van der Waals surface area contributed by atoms with Crippen LogP contribution in [-0.2, 0) is 5.88 Å². The minimum absolute atomic E-state index is 0.392. The molecule has 0 saturated carbocycles. The fourth-order valence-corrected chi connectivity index (χ4v) is 1.91. The van der Waals surface area contributed by atoms with Crippen LogP contribution in [-0.4, -0.2) is 13.2 Å². The molecule has 0 aromatic heterocycles. The zero-order valence-electron chi connectivity index (χ0n) is 8.96. The third kappa shape index (κ3) is 3.03. The smallest absolute Gasteiger partial charge is 0.181 e. The van der Waals surface area contributed by atoms with Gasteiger partial charge < -0.3 is 9.47 Å². The van der Waals surface area contributed by atoms with E-state index in [0.29, 0.717) is 17.4 Å². The molecule has 1 rings (SSSR count). The van der Waals surface area contributed by atoms with Crippen LogP contribution in [0.1, 0.15) is 12.5 Å². The molecule has 3 nitrogen and oxygen atoms in total. The SMILES string of the molecule is COc1cc(CCl)cc(Br)c1OC(C)C#N. The maximum absolute atomic E-state index is 8.70. The van der Waals surface area contributed by atoms with Crippen molar-refractivity contribution in [3.8, 4) is 17.6 Å². The van der Waals surface area contributed by atoms with Crippen molar-refractivity contribution < 1.29 is 9.47 Å². The zero-order valence-corrected chi connectivity index (χ0v) is 11.3. The number of rotatable bonds is 4. The lowest BCUT2D eigenvalue weighted by molar-refractivity contribution is 0.258. The first-order valence-corrected chi connectivity index (χ1v) is 5.93.